The Morgan fingerprint density at radius 2 is 1.78 bits per heavy atom. The van der Waals surface area contributed by atoms with Gasteiger partial charge in [-0.05, 0) is 24.5 Å². The van der Waals surface area contributed by atoms with Crippen LogP contribution in [0.1, 0.15) is 18.4 Å². The van der Waals surface area contributed by atoms with E-state index in [0.29, 0.717) is 0 Å². The Morgan fingerprint density at radius 3 is 2.48 bits per heavy atom. The van der Waals surface area contributed by atoms with Crippen LogP contribution in [0.3, 0.4) is 0 Å². The number of nitro benzene ring substituents is 1. The minimum Gasteiger partial charge on any atom is -0.477 e. The highest BCUT2D eigenvalue weighted by molar-refractivity contribution is 5.78. The molecule has 27 heavy (non-hydrogen) atoms. The van der Waals surface area contributed by atoms with E-state index >= 15 is 0 Å². The minimum atomic E-state index is -0.518. The Kier molecular flexibility index (Phi) is 6.38. The third kappa shape index (κ3) is 5.52. The first kappa shape index (κ1) is 18.8. The fraction of sp³-hybridized carbons (Fsp3) is 0.350. The van der Waals surface area contributed by atoms with Gasteiger partial charge in [-0.25, -0.2) is 0 Å². The van der Waals surface area contributed by atoms with Crippen LogP contribution in [0.5, 0.6) is 5.75 Å². The quantitative estimate of drug-likeness (QED) is 0.599. The molecule has 1 aliphatic heterocycles. The molecule has 0 saturated carbocycles. The molecule has 2 aromatic carbocycles. The van der Waals surface area contributed by atoms with Crippen LogP contribution in [0.2, 0.25) is 0 Å². The number of ether oxygens (including phenoxy) is 1. The standard InChI is InChI=1S/C20H23N3O4/c24-20(15-27-19-9-5-4-8-18(19)23(25)26)21-17-10-12-22(13-11-17)14-16-6-2-1-3-7-16/h1-9,17H,10-15H2,(H,21,24). The van der Waals surface area contributed by atoms with Gasteiger partial charge in [-0.3, -0.25) is 19.8 Å². The van der Waals surface area contributed by atoms with Gasteiger partial charge in [-0.1, -0.05) is 42.5 Å². The van der Waals surface area contributed by atoms with Crippen LogP contribution in [-0.4, -0.2) is 41.5 Å². The van der Waals surface area contributed by atoms with Gasteiger partial charge < -0.3 is 10.1 Å². The lowest BCUT2D eigenvalue weighted by molar-refractivity contribution is -0.385. The normalized spacial score (nSPS) is 15.3. The average Bonchev–Trinajstić information content (AvgIpc) is 2.69. The largest absolute Gasteiger partial charge is 0.477 e. The number of nitrogens with zero attached hydrogens (tertiary/aromatic N) is 2. The Balaban J connectivity index is 1.41. The molecule has 0 unspecified atom stereocenters. The first-order chi connectivity index (χ1) is 13.1. The van der Waals surface area contributed by atoms with E-state index in [1.54, 1.807) is 12.1 Å². The van der Waals surface area contributed by atoms with E-state index in [2.05, 4.69) is 22.3 Å². The van der Waals surface area contributed by atoms with Crippen LogP contribution in [0.15, 0.2) is 54.6 Å². The fourth-order valence-electron chi connectivity index (χ4n) is 3.22. The Morgan fingerprint density at radius 1 is 1.11 bits per heavy atom. The maximum atomic E-state index is 12.1. The number of rotatable bonds is 7. The molecule has 0 aromatic heterocycles. The molecular formula is C20H23N3O4. The van der Waals surface area contributed by atoms with Crippen molar-refractivity contribution >= 4 is 11.6 Å². The summed E-state index contributed by atoms with van der Waals surface area (Å²) in [6.07, 6.45) is 1.76. The highest BCUT2D eigenvalue weighted by Crippen LogP contribution is 2.25. The van der Waals surface area contributed by atoms with Crippen LogP contribution in [0.25, 0.3) is 0 Å². The molecule has 1 aliphatic rings. The number of hydrogen-bond acceptors (Lipinski definition) is 5. The van der Waals surface area contributed by atoms with Gasteiger partial charge in [0.15, 0.2) is 12.4 Å². The molecule has 1 heterocycles. The average molecular weight is 369 g/mol. The van der Waals surface area contributed by atoms with Gasteiger partial charge in [0.25, 0.3) is 5.91 Å². The maximum Gasteiger partial charge on any atom is 0.310 e. The second kappa shape index (κ2) is 9.14. The van der Waals surface area contributed by atoms with Crippen molar-refractivity contribution in [1.29, 1.82) is 0 Å². The SMILES string of the molecule is O=C(COc1ccccc1[N+](=O)[O-])NC1CCN(Cc2ccccc2)CC1. The number of carbonyl (C=O) groups excluding carboxylic acids is 1. The van der Waals surface area contributed by atoms with Gasteiger partial charge in [0, 0.05) is 31.7 Å². The third-order valence-corrected chi connectivity index (χ3v) is 4.62. The number of likely N-dealkylation sites (tertiary alicyclic amines) is 1. The van der Waals surface area contributed by atoms with E-state index in [-0.39, 0.29) is 30.0 Å². The van der Waals surface area contributed by atoms with Crippen LogP contribution in [0, 0.1) is 10.1 Å². The molecule has 142 valence electrons. The summed E-state index contributed by atoms with van der Waals surface area (Å²) in [5.41, 5.74) is 1.15. The van der Waals surface area contributed by atoms with Crippen molar-refractivity contribution in [2.24, 2.45) is 0 Å². The van der Waals surface area contributed by atoms with E-state index < -0.39 is 4.92 Å². The lowest BCUT2D eigenvalue weighted by atomic mass is 10.0. The van der Waals surface area contributed by atoms with Crippen molar-refractivity contribution in [1.82, 2.24) is 10.2 Å². The summed E-state index contributed by atoms with van der Waals surface area (Å²) in [6, 6.07) is 16.5. The number of piperidine rings is 1. The molecule has 0 aliphatic carbocycles. The number of carbonyl (C=O) groups is 1. The molecular weight excluding hydrogens is 346 g/mol. The summed E-state index contributed by atoms with van der Waals surface area (Å²) in [4.78, 5) is 24.9. The number of para-hydroxylation sites is 2. The predicted octanol–water partition coefficient (Wildman–Crippen LogP) is 2.75. The van der Waals surface area contributed by atoms with Gasteiger partial charge >= 0.3 is 5.69 Å². The molecule has 2 aromatic rings. The number of amides is 1. The summed E-state index contributed by atoms with van der Waals surface area (Å²) in [7, 11) is 0. The van der Waals surface area contributed by atoms with E-state index in [1.165, 1.54) is 17.7 Å². The number of benzene rings is 2. The first-order valence-electron chi connectivity index (χ1n) is 9.03. The lowest BCUT2D eigenvalue weighted by Crippen LogP contribution is -2.45. The molecule has 7 nitrogen and oxygen atoms in total. The van der Waals surface area contributed by atoms with Gasteiger partial charge in [-0.2, -0.15) is 0 Å². The Bertz CT molecular complexity index is 774. The summed E-state index contributed by atoms with van der Waals surface area (Å²) >= 11 is 0. The van der Waals surface area contributed by atoms with Gasteiger partial charge in [-0.15, -0.1) is 0 Å². The number of hydrogen-bond donors (Lipinski definition) is 1. The molecule has 0 radical (unpaired) electrons. The highest BCUT2D eigenvalue weighted by atomic mass is 16.6. The molecule has 0 bridgehead atoms. The zero-order valence-corrected chi connectivity index (χ0v) is 15.0. The Labute approximate surface area is 158 Å². The van der Waals surface area contributed by atoms with Gasteiger partial charge in [0.05, 0.1) is 4.92 Å². The molecule has 0 atom stereocenters. The second-order valence-corrected chi connectivity index (χ2v) is 6.62. The van der Waals surface area contributed by atoms with Crippen molar-refractivity contribution in [2.45, 2.75) is 25.4 Å². The van der Waals surface area contributed by atoms with Crippen molar-refractivity contribution < 1.29 is 14.5 Å². The molecule has 0 spiro atoms. The summed E-state index contributed by atoms with van der Waals surface area (Å²) < 4.78 is 5.34. The molecule has 1 fully saturated rings. The molecule has 7 heteroatoms. The van der Waals surface area contributed by atoms with E-state index in [4.69, 9.17) is 4.74 Å². The molecule has 1 N–H and O–H groups in total. The molecule has 1 saturated heterocycles. The van der Waals surface area contributed by atoms with E-state index in [0.717, 1.165) is 32.5 Å². The first-order valence-corrected chi connectivity index (χ1v) is 9.03. The summed E-state index contributed by atoms with van der Waals surface area (Å²) in [5.74, 6) is -0.148. The van der Waals surface area contributed by atoms with Crippen LogP contribution >= 0.6 is 0 Å². The highest BCUT2D eigenvalue weighted by Gasteiger charge is 2.21. The Hall–Kier alpha value is -2.93. The topological polar surface area (TPSA) is 84.7 Å². The molecule has 1 amide bonds. The van der Waals surface area contributed by atoms with Crippen molar-refractivity contribution in [3.05, 3.63) is 70.3 Å². The zero-order chi connectivity index (χ0) is 19.1. The molecule has 3 rings (SSSR count). The van der Waals surface area contributed by atoms with E-state index in [1.807, 2.05) is 18.2 Å². The predicted molar refractivity (Wildman–Crippen MR) is 101 cm³/mol. The van der Waals surface area contributed by atoms with Crippen LogP contribution in [-0.2, 0) is 11.3 Å². The van der Waals surface area contributed by atoms with E-state index in [9.17, 15) is 14.9 Å². The smallest absolute Gasteiger partial charge is 0.310 e. The summed E-state index contributed by atoms with van der Waals surface area (Å²) in [5, 5.41) is 13.9. The monoisotopic (exact) mass is 369 g/mol. The maximum absolute atomic E-state index is 12.1. The van der Waals surface area contributed by atoms with Crippen LogP contribution in [0.4, 0.5) is 5.69 Å². The minimum absolute atomic E-state index is 0.107. The zero-order valence-electron chi connectivity index (χ0n) is 15.0. The van der Waals surface area contributed by atoms with Crippen LogP contribution < -0.4 is 10.1 Å². The lowest BCUT2D eigenvalue weighted by Gasteiger charge is -2.32. The summed E-state index contributed by atoms with van der Waals surface area (Å²) in [6.45, 7) is 2.53. The van der Waals surface area contributed by atoms with Crippen molar-refractivity contribution in [2.75, 3.05) is 19.7 Å². The third-order valence-electron chi connectivity index (χ3n) is 4.62. The van der Waals surface area contributed by atoms with Crippen molar-refractivity contribution in [3.8, 4) is 5.75 Å². The fourth-order valence-corrected chi connectivity index (χ4v) is 3.22. The van der Waals surface area contributed by atoms with Gasteiger partial charge in [0.1, 0.15) is 0 Å². The van der Waals surface area contributed by atoms with Crippen molar-refractivity contribution in [3.63, 3.8) is 0 Å². The number of nitrogens with one attached hydrogen (secondary N) is 1. The van der Waals surface area contributed by atoms with Gasteiger partial charge in [0.2, 0.25) is 0 Å². The number of nitro groups is 1. The second-order valence-electron chi connectivity index (χ2n) is 6.62.